The highest BCUT2D eigenvalue weighted by molar-refractivity contribution is 7.45. The normalized spacial score (nSPS) is 14.0. The minimum atomic E-state index is -4.62. The van der Waals surface area contributed by atoms with Crippen molar-refractivity contribution >= 4 is 19.8 Å². The molecule has 10 heteroatoms. The van der Waals surface area contributed by atoms with Crippen molar-refractivity contribution in [2.45, 2.75) is 174 Å². The lowest BCUT2D eigenvalue weighted by molar-refractivity contribution is -0.870. The fraction of sp³-hybridized carbons (Fsp3) is 0.810. The van der Waals surface area contributed by atoms with Crippen LogP contribution in [0.25, 0.3) is 0 Å². The van der Waals surface area contributed by atoms with Crippen LogP contribution in [0.4, 0.5) is 0 Å². The van der Waals surface area contributed by atoms with Gasteiger partial charge in [-0.15, -0.1) is 0 Å². The summed E-state index contributed by atoms with van der Waals surface area (Å²) >= 11 is 0. The minimum absolute atomic E-state index is 0.0354. The number of ether oxygens (including phenoxy) is 2. The first-order valence-electron chi connectivity index (χ1n) is 20.7. The molecule has 9 nitrogen and oxygen atoms in total. The predicted molar refractivity (Wildman–Crippen MR) is 213 cm³/mol. The molecule has 52 heavy (non-hydrogen) atoms. The van der Waals surface area contributed by atoms with Crippen LogP contribution < -0.4 is 4.89 Å². The molecule has 0 aromatic rings. The number of allylic oxidation sites excluding steroid dienone is 6. The standard InChI is InChI=1S/C42H78NO8P/c1-6-8-10-12-14-16-18-20-21-22-23-25-27-29-31-33-35-42(45)51-40(39-50-52(46,47)49-37-36-43(3,4)5)38-48-41(44)34-32-30-28-26-24-19-17-15-13-11-9-7-2/h15-18,21-22,40H,6-14,19-20,23-39H2,1-5H3/b17-15-,18-16-,22-21-. The number of esters is 2. The summed E-state index contributed by atoms with van der Waals surface area (Å²) in [6.45, 7) is 4.14. The molecule has 0 aliphatic rings. The molecular weight excluding hydrogens is 677 g/mol. The van der Waals surface area contributed by atoms with Gasteiger partial charge in [0.1, 0.15) is 19.8 Å². The molecule has 0 heterocycles. The fourth-order valence-corrected chi connectivity index (χ4v) is 6.05. The number of quaternary nitrogens is 1. The molecule has 2 atom stereocenters. The summed E-state index contributed by atoms with van der Waals surface area (Å²) in [6, 6.07) is 0. The van der Waals surface area contributed by atoms with Crippen LogP contribution in [0.1, 0.15) is 168 Å². The van der Waals surface area contributed by atoms with Crippen LogP contribution in [-0.4, -0.2) is 70.0 Å². The van der Waals surface area contributed by atoms with Gasteiger partial charge in [0, 0.05) is 12.8 Å². The molecule has 0 aromatic carbocycles. The van der Waals surface area contributed by atoms with Crippen molar-refractivity contribution in [1.29, 1.82) is 0 Å². The Hall–Kier alpha value is -1.77. The molecular formula is C42H78NO8P. The van der Waals surface area contributed by atoms with Crippen LogP contribution in [0.2, 0.25) is 0 Å². The SMILES string of the molecule is CCCCC/C=C\CCCCCCCC(=O)OCC(COP(=O)([O-])OCC[N+](C)(C)C)OC(=O)CCCCCCC/C=C\C/C=C\CCCCCC. The molecule has 0 bridgehead atoms. The zero-order chi connectivity index (χ0) is 38.6. The molecule has 2 unspecified atom stereocenters. The van der Waals surface area contributed by atoms with Crippen LogP contribution in [0.3, 0.4) is 0 Å². The van der Waals surface area contributed by atoms with E-state index in [4.69, 9.17) is 18.5 Å². The number of phosphoric ester groups is 1. The van der Waals surface area contributed by atoms with Gasteiger partial charge in [0.15, 0.2) is 6.10 Å². The molecule has 0 saturated heterocycles. The highest BCUT2D eigenvalue weighted by Gasteiger charge is 2.21. The zero-order valence-electron chi connectivity index (χ0n) is 34.0. The molecule has 0 rings (SSSR count). The molecule has 0 aliphatic heterocycles. The Morgan fingerprint density at radius 1 is 0.596 bits per heavy atom. The molecule has 0 spiro atoms. The van der Waals surface area contributed by atoms with Crippen molar-refractivity contribution in [3.8, 4) is 0 Å². The average Bonchev–Trinajstić information content (AvgIpc) is 3.09. The number of unbranched alkanes of at least 4 members (excludes halogenated alkanes) is 17. The van der Waals surface area contributed by atoms with E-state index in [-0.39, 0.29) is 26.1 Å². The number of nitrogens with zero attached hydrogens (tertiary/aromatic N) is 1. The molecule has 0 aromatic heterocycles. The zero-order valence-corrected chi connectivity index (χ0v) is 34.9. The smallest absolute Gasteiger partial charge is 0.306 e. The summed E-state index contributed by atoms with van der Waals surface area (Å²) in [6.07, 6.45) is 37.4. The number of carbonyl (C=O) groups excluding carboxylic acids is 2. The lowest BCUT2D eigenvalue weighted by atomic mass is 10.1. The summed E-state index contributed by atoms with van der Waals surface area (Å²) in [5.41, 5.74) is 0. The van der Waals surface area contributed by atoms with E-state index in [0.29, 0.717) is 17.4 Å². The highest BCUT2D eigenvalue weighted by atomic mass is 31.2. The Bertz CT molecular complexity index is 991. The van der Waals surface area contributed by atoms with E-state index >= 15 is 0 Å². The van der Waals surface area contributed by atoms with E-state index in [1.165, 1.54) is 57.8 Å². The van der Waals surface area contributed by atoms with Crippen molar-refractivity contribution in [2.24, 2.45) is 0 Å². The third-order valence-electron chi connectivity index (χ3n) is 8.63. The number of likely N-dealkylation sites (N-methyl/N-ethyl adjacent to an activating group) is 1. The van der Waals surface area contributed by atoms with E-state index in [0.717, 1.165) is 77.0 Å². The predicted octanol–water partition coefficient (Wildman–Crippen LogP) is 10.7. The quantitative estimate of drug-likeness (QED) is 0.0203. The second-order valence-corrected chi connectivity index (χ2v) is 16.4. The fourth-order valence-electron chi connectivity index (χ4n) is 5.32. The van der Waals surface area contributed by atoms with Crippen molar-refractivity contribution in [3.05, 3.63) is 36.5 Å². The Morgan fingerprint density at radius 3 is 1.58 bits per heavy atom. The van der Waals surface area contributed by atoms with Gasteiger partial charge in [-0.3, -0.25) is 14.2 Å². The van der Waals surface area contributed by atoms with Gasteiger partial charge in [-0.2, -0.15) is 0 Å². The summed E-state index contributed by atoms with van der Waals surface area (Å²) < 4.78 is 33.8. The van der Waals surface area contributed by atoms with Crippen LogP contribution in [-0.2, 0) is 32.7 Å². The molecule has 0 amide bonds. The lowest BCUT2D eigenvalue weighted by Crippen LogP contribution is -2.37. The van der Waals surface area contributed by atoms with Gasteiger partial charge in [0.25, 0.3) is 7.82 Å². The van der Waals surface area contributed by atoms with Gasteiger partial charge >= 0.3 is 11.9 Å². The molecule has 0 radical (unpaired) electrons. The van der Waals surface area contributed by atoms with Crippen molar-refractivity contribution in [1.82, 2.24) is 0 Å². The number of hydrogen-bond donors (Lipinski definition) is 0. The van der Waals surface area contributed by atoms with Gasteiger partial charge in [0.2, 0.25) is 0 Å². The van der Waals surface area contributed by atoms with E-state index in [1.54, 1.807) is 0 Å². The summed E-state index contributed by atoms with van der Waals surface area (Å²) in [4.78, 5) is 37.4. The molecule has 0 aliphatic carbocycles. The Balaban J connectivity index is 4.44. The maximum atomic E-state index is 12.6. The average molecular weight is 756 g/mol. The minimum Gasteiger partial charge on any atom is -0.756 e. The van der Waals surface area contributed by atoms with E-state index in [2.05, 4.69) is 50.3 Å². The maximum Gasteiger partial charge on any atom is 0.306 e. The van der Waals surface area contributed by atoms with Gasteiger partial charge in [-0.05, 0) is 70.6 Å². The first-order valence-corrected chi connectivity index (χ1v) is 22.2. The second kappa shape index (κ2) is 35.0. The van der Waals surface area contributed by atoms with Gasteiger partial charge in [-0.1, -0.05) is 121 Å². The topological polar surface area (TPSA) is 111 Å². The van der Waals surface area contributed by atoms with Crippen LogP contribution >= 0.6 is 7.82 Å². The molecule has 0 N–H and O–H groups in total. The Morgan fingerprint density at radius 2 is 1.04 bits per heavy atom. The van der Waals surface area contributed by atoms with E-state index in [9.17, 15) is 19.0 Å². The van der Waals surface area contributed by atoms with Crippen LogP contribution in [0.15, 0.2) is 36.5 Å². The third kappa shape index (κ3) is 38.0. The van der Waals surface area contributed by atoms with Crippen molar-refractivity contribution < 1.29 is 42.1 Å². The van der Waals surface area contributed by atoms with Gasteiger partial charge in [-0.25, -0.2) is 0 Å². The number of rotatable bonds is 37. The maximum absolute atomic E-state index is 12.6. The molecule has 0 saturated carbocycles. The first kappa shape index (κ1) is 50.2. The van der Waals surface area contributed by atoms with Crippen molar-refractivity contribution in [2.75, 3.05) is 47.5 Å². The van der Waals surface area contributed by atoms with Crippen molar-refractivity contribution in [3.63, 3.8) is 0 Å². The monoisotopic (exact) mass is 756 g/mol. The summed E-state index contributed by atoms with van der Waals surface area (Å²) in [5, 5.41) is 0. The number of hydrogen-bond acceptors (Lipinski definition) is 8. The third-order valence-corrected chi connectivity index (χ3v) is 9.60. The number of carbonyl (C=O) groups is 2. The van der Waals surface area contributed by atoms with Gasteiger partial charge < -0.3 is 27.9 Å². The number of phosphoric acid groups is 1. The van der Waals surface area contributed by atoms with Crippen LogP contribution in [0.5, 0.6) is 0 Å². The summed E-state index contributed by atoms with van der Waals surface area (Å²) in [7, 11) is 1.15. The molecule has 0 fully saturated rings. The largest absolute Gasteiger partial charge is 0.756 e. The summed E-state index contributed by atoms with van der Waals surface area (Å²) in [5.74, 6) is -0.863. The second-order valence-electron chi connectivity index (χ2n) is 15.0. The Labute approximate surface area is 319 Å². The highest BCUT2D eigenvalue weighted by Crippen LogP contribution is 2.38. The van der Waals surface area contributed by atoms with Gasteiger partial charge in [0.05, 0.1) is 27.7 Å². The van der Waals surface area contributed by atoms with Crippen LogP contribution in [0, 0.1) is 0 Å². The lowest BCUT2D eigenvalue weighted by Gasteiger charge is -2.28. The molecule has 304 valence electrons. The Kier molecular flexibility index (Phi) is 33.8. The van der Waals surface area contributed by atoms with E-state index in [1.807, 2.05) is 21.1 Å². The first-order chi connectivity index (χ1) is 25.0. The van der Waals surface area contributed by atoms with E-state index < -0.39 is 32.5 Å².